The Morgan fingerprint density at radius 3 is 1.72 bits per heavy atom. The summed E-state index contributed by atoms with van der Waals surface area (Å²) in [7, 11) is 1.18. The zero-order chi connectivity index (χ0) is 32.2. The van der Waals surface area contributed by atoms with Crippen molar-refractivity contribution in [1.82, 2.24) is 16.0 Å². The van der Waals surface area contributed by atoms with Crippen LogP contribution in [0.25, 0.3) is 0 Å². The molecule has 0 heterocycles. The maximum Gasteiger partial charge on any atom is 0.408 e. The van der Waals surface area contributed by atoms with E-state index in [9.17, 15) is 24.0 Å². The zero-order valence-corrected chi connectivity index (χ0v) is 25.4. The molecule has 0 radical (unpaired) electrons. The smallest absolute Gasteiger partial charge is 0.408 e. The highest BCUT2D eigenvalue weighted by Crippen LogP contribution is 2.11. The minimum absolute atomic E-state index is 0.220. The van der Waals surface area contributed by atoms with Crippen LogP contribution in [-0.2, 0) is 23.8 Å². The minimum atomic E-state index is -1.13. The van der Waals surface area contributed by atoms with Gasteiger partial charge in [-0.25, -0.2) is 14.4 Å². The number of benzene rings is 2. The van der Waals surface area contributed by atoms with Crippen LogP contribution in [0.1, 0.15) is 63.0 Å². The summed E-state index contributed by atoms with van der Waals surface area (Å²) in [6, 6.07) is 12.1. The van der Waals surface area contributed by atoms with Crippen LogP contribution in [0.3, 0.4) is 0 Å². The first-order valence-electron chi connectivity index (χ1n) is 13.4. The zero-order valence-electron chi connectivity index (χ0n) is 25.4. The van der Waals surface area contributed by atoms with E-state index in [1.54, 1.807) is 90.1 Å². The largest absolute Gasteiger partial charge is 0.467 e. The van der Waals surface area contributed by atoms with Crippen molar-refractivity contribution in [3.8, 4) is 11.8 Å². The van der Waals surface area contributed by atoms with Crippen LogP contribution in [-0.4, -0.2) is 67.4 Å². The van der Waals surface area contributed by atoms with Crippen molar-refractivity contribution in [2.45, 2.75) is 58.8 Å². The molecule has 0 aliphatic carbocycles. The minimum Gasteiger partial charge on any atom is -0.467 e. The number of hydrogen-bond donors (Lipinski definition) is 4. The van der Waals surface area contributed by atoms with Gasteiger partial charge in [0.1, 0.15) is 23.8 Å². The molecule has 2 aromatic carbocycles. The van der Waals surface area contributed by atoms with Gasteiger partial charge in [0, 0.05) is 22.4 Å². The summed E-state index contributed by atoms with van der Waals surface area (Å²) in [5.74, 6) is 4.31. The highest BCUT2D eigenvalue weighted by atomic mass is 16.6. The van der Waals surface area contributed by atoms with Gasteiger partial charge in [-0.05, 0) is 90.1 Å². The average molecular weight is 595 g/mol. The van der Waals surface area contributed by atoms with Crippen LogP contribution in [0.5, 0.6) is 0 Å². The average Bonchev–Trinajstić information content (AvgIpc) is 2.91. The van der Waals surface area contributed by atoms with Crippen molar-refractivity contribution < 1.29 is 38.2 Å². The van der Waals surface area contributed by atoms with Crippen molar-refractivity contribution in [3.63, 3.8) is 0 Å². The summed E-state index contributed by atoms with van der Waals surface area (Å²) < 4.78 is 15.0. The molecule has 0 spiro atoms. The lowest BCUT2D eigenvalue weighted by Gasteiger charge is -2.21. The molecule has 0 bridgehead atoms. The van der Waals surface area contributed by atoms with Gasteiger partial charge in [-0.1, -0.05) is 11.8 Å². The molecule has 12 heteroatoms. The SMILES string of the molecule is COC(=O)[C@H](CNC(=O)OC(C)(C)C)NC(=O)c1ccc(C#Cc2ccc(NC(=O)CNC(=O)OC(C)(C)C)cc2)cc1. The molecule has 230 valence electrons. The van der Waals surface area contributed by atoms with Gasteiger partial charge in [0.15, 0.2) is 0 Å². The van der Waals surface area contributed by atoms with E-state index in [1.807, 2.05) is 0 Å². The Morgan fingerprint density at radius 2 is 1.23 bits per heavy atom. The summed E-state index contributed by atoms with van der Waals surface area (Å²) in [6.07, 6.45) is -1.41. The molecular weight excluding hydrogens is 556 g/mol. The topological polar surface area (TPSA) is 161 Å². The third-order valence-electron chi connectivity index (χ3n) is 5.10. The number of nitrogens with one attached hydrogen (secondary N) is 4. The predicted octanol–water partition coefficient (Wildman–Crippen LogP) is 3.35. The van der Waals surface area contributed by atoms with Gasteiger partial charge >= 0.3 is 18.2 Å². The first-order chi connectivity index (χ1) is 20.0. The van der Waals surface area contributed by atoms with Crippen LogP contribution >= 0.6 is 0 Å². The third-order valence-corrected chi connectivity index (χ3v) is 5.10. The molecule has 0 fully saturated rings. The van der Waals surface area contributed by atoms with Gasteiger partial charge in [0.25, 0.3) is 5.91 Å². The van der Waals surface area contributed by atoms with Crippen LogP contribution < -0.4 is 21.3 Å². The molecule has 4 N–H and O–H groups in total. The van der Waals surface area contributed by atoms with E-state index in [0.717, 1.165) is 0 Å². The fourth-order valence-electron chi connectivity index (χ4n) is 3.23. The quantitative estimate of drug-likeness (QED) is 0.206. The normalized spacial score (nSPS) is 11.5. The van der Waals surface area contributed by atoms with Gasteiger partial charge in [-0.2, -0.15) is 0 Å². The second-order valence-electron chi connectivity index (χ2n) is 11.2. The first-order valence-corrected chi connectivity index (χ1v) is 13.4. The van der Waals surface area contributed by atoms with Gasteiger partial charge in [0.2, 0.25) is 5.91 Å². The van der Waals surface area contributed by atoms with E-state index in [-0.39, 0.29) is 18.7 Å². The molecule has 0 unspecified atom stereocenters. The van der Waals surface area contributed by atoms with Gasteiger partial charge in [0.05, 0.1) is 13.7 Å². The van der Waals surface area contributed by atoms with Crippen LogP contribution in [0, 0.1) is 11.8 Å². The summed E-state index contributed by atoms with van der Waals surface area (Å²) in [5.41, 5.74) is 0.751. The number of esters is 1. The molecule has 0 aliphatic heterocycles. The van der Waals surface area contributed by atoms with Crippen molar-refractivity contribution in [2.24, 2.45) is 0 Å². The molecule has 0 aliphatic rings. The number of ether oxygens (including phenoxy) is 3. The number of amides is 4. The lowest BCUT2D eigenvalue weighted by molar-refractivity contribution is -0.142. The molecule has 1 atom stereocenters. The Kier molecular flexibility index (Phi) is 12.1. The Morgan fingerprint density at radius 1 is 0.744 bits per heavy atom. The fraction of sp³-hybridized carbons (Fsp3) is 0.387. The van der Waals surface area contributed by atoms with E-state index in [2.05, 4.69) is 33.1 Å². The van der Waals surface area contributed by atoms with Crippen molar-refractivity contribution in [3.05, 3.63) is 65.2 Å². The molecule has 0 saturated heterocycles. The maximum atomic E-state index is 12.7. The Labute approximate surface area is 251 Å². The summed E-state index contributed by atoms with van der Waals surface area (Å²) in [6.45, 7) is 9.84. The molecule has 12 nitrogen and oxygen atoms in total. The predicted molar refractivity (Wildman–Crippen MR) is 159 cm³/mol. The van der Waals surface area contributed by atoms with Gasteiger partial charge < -0.3 is 35.5 Å². The number of carbonyl (C=O) groups excluding carboxylic acids is 5. The van der Waals surface area contributed by atoms with Crippen molar-refractivity contribution in [2.75, 3.05) is 25.5 Å². The van der Waals surface area contributed by atoms with E-state index >= 15 is 0 Å². The molecule has 2 rings (SSSR count). The number of alkyl carbamates (subject to hydrolysis) is 2. The highest BCUT2D eigenvalue weighted by molar-refractivity contribution is 5.97. The van der Waals surface area contributed by atoms with E-state index < -0.39 is 47.2 Å². The highest BCUT2D eigenvalue weighted by Gasteiger charge is 2.24. The van der Waals surface area contributed by atoms with Crippen LogP contribution in [0.15, 0.2) is 48.5 Å². The summed E-state index contributed by atoms with van der Waals surface area (Å²) in [4.78, 5) is 60.5. The number of carbonyl (C=O) groups is 5. The lowest BCUT2D eigenvalue weighted by Crippen LogP contribution is -2.49. The number of hydrogen-bond acceptors (Lipinski definition) is 8. The van der Waals surface area contributed by atoms with Crippen LogP contribution in [0.2, 0.25) is 0 Å². The number of methoxy groups -OCH3 is 1. The van der Waals surface area contributed by atoms with E-state index in [0.29, 0.717) is 16.8 Å². The number of rotatable bonds is 8. The molecule has 2 aromatic rings. The van der Waals surface area contributed by atoms with Crippen molar-refractivity contribution in [1.29, 1.82) is 0 Å². The third kappa shape index (κ3) is 13.4. The molecular formula is C31H38N4O8. The Balaban J connectivity index is 1.92. The van der Waals surface area contributed by atoms with E-state index in [4.69, 9.17) is 14.2 Å². The Bertz CT molecular complexity index is 1360. The monoisotopic (exact) mass is 594 g/mol. The van der Waals surface area contributed by atoms with Crippen LogP contribution in [0.4, 0.5) is 15.3 Å². The first kappa shape index (κ1) is 34.2. The second-order valence-corrected chi connectivity index (χ2v) is 11.2. The Hall–Kier alpha value is -5.05. The molecule has 0 saturated carbocycles. The van der Waals surface area contributed by atoms with Gasteiger partial charge in [-0.15, -0.1) is 0 Å². The maximum absolute atomic E-state index is 12.7. The van der Waals surface area contributed by atoms with E-state index in [1.165, 1.54) is 7.11 Å². The fourth-order valence-corrected chi connectivity index (χ4v) is 3.23. The number of anilines is 1. The second kappa shape index (κ2) is 15.3. The summed E-state index contributed by atoms with van der Waals surface area (Å²) >= 11 is 0. The lowest BCUT2D eigenvalue weighted by atomic mass is 10.1. The standard InChI is InChI=1S/C31H38N4O8/c1-30(2,3)42-28(39)32-18-24(27(38)41-7)35-26(37)22-14-10-20(11-15-22)8-9-21-12-16-23(17-13-21)34-25(36)19-33-29(40)43-31(4,5)6/h10-17,24H,18-19H2,1-7H3,(H,32,39)(H,33,40)(H,34,36)(H,35,37)/t24-/m0/s1. The van der Waals surface area contributed by atoms with Crippen molar-refractivity contribution >= 4 is 35.7 Å². The molecule has 43 heavy (non-hydrogen) atoms. The summed E-state index contributed by atoms with van der Waals surface area (Å²) in [5, 5.41) is 10.1. The molecule has 0 aromatic heterocycles. The van der Waals surface area contributed by atoms with Gasteiger partial charge in [-0.3, -0.25) is 9.59 Å². The molecule has 4 amide bonds.